The number of halogens is 1. The van der Waals surface area contributed by atoms with Gasteiger partial charge in [-0.1, -0.05) is 41.9 Å². The normalized spacial score (nSPS) is 14.7. The second-order valence-electron chi connectivity index (χ2n) is 8.36. The average molecular weight is 492 g/mol. The molecule has 174 valence electrons. The maximum absolute atomic E-state index is 12.5. The van der Waals surface area contributed by atoms with Crippen LogP contribution in [0.5, 0.6) is 5.75 Å². The summed E-state index contributed by atoms with van der Waals surface area (Å²) in [5.74, 6) is 1.37. The van der Waals surface area contributed by atoms with Gasteiger partial charge in [-0.3, -0.25) is 4.79 Å². The largest absolute Gasteiger partial charge is 0.495 e. The van der Waals surface area contributed by atoms with E-state index in [1.807, 2.05) is 19.1 Å². The molecule has 4 rings (SSSR count). The van der Waals surface area contributed by atoms with Crippen molar-refractivity contribution in [1.82, 2.24) is 4.98 Å². The van der Waals surface area contributed by atoms with E-state index in [2.05, 4.69) is 35.7 Å². The van der Waals surface area contributed by atoms with E-state index in [4.69, 9.17) is 21.3 Å². The summed E-state index contributed by atoms with van der Waals surface area (Å²) >= 11 is 7.59. The van der Waals surface area contributed by atoms with Crippen LogP contribution in [0.15, 0.2) is 53.6 Å². The number of aromatic nitrogens is 1. The molecule has 1 aromatic heterocycles. The molecule has 3 aromatic rings. The van der Waals surface area contributed by atoms with Gasteiger partial charge in [-0.2, -0.15) is 5.26 Å². The number of carbonyl (C=O) groups is 1. The molecule has 1 N–H and O–H groups in total. The molecule has 1 aliphatic rings. The Balaban J connectivity index is 1.39. The number of rotatable bonds is 7. The highest BCUT2D eigenvalue weighted by atomic mass is 35.5. The fraction of sp³-hybridized carbons (Fsp3) is 0.296. The third kappa shape index (κ3) is 5.55. The van der Waals surface area contributed by atoms with Gasteiger partial charge in [-0.15, -0.1) is 11.8 Å². The minimum Gasteiger partial charge on any atom is -0.495 e. The summed E-state index contributed by atoms with van der Waals surface area (Å²) in [6, 6.07) is 18.3. The molecule has 0 radical (unpaired) electrons. The van der Waals surface area contributed by atoms with Gasteiger partial charge >= 0.3 is 0 Å². The summed E-state index contributed by atoms with van der Waals surface area (Å²) in [6.07, 6.45) is 3.13. The molecule has 0 fully saturated rings. The smallest absolute Gasteiger partial charge is 0.225 e. The number of nitrogens with one attached hydrogen (secondary N) is 1. The van der Waals surface area contributed by atoms with Crippen molar-refractivity contribution in [3.63, 3.8) is 0 Å². The highest BCUT2D eigenvalue weighted by Crippen LogP contribution is 2.35. The average Bonchev–Trinajstić information content (AvgIpc) is 2.85. The van der Waals surface area contributed by atoms with Crippen LogP contribution in [0.2, 0.25) is 5.02 Å². The molecule has 0 spiro atoms. The third-order valence-corrected chi connectivity index (χ3v) is 7.47. The Hall–Kier alpha value is -3.01. The number of nitriles is 1. The molecule has 1 heterocycles. The number of aryl methyl sites for hydroxylation is 2. The van der Waals surface area contributed by atoms with Crippen molar-refractivity contribution < 1.29 is 9.53 Å². The van der Waals surface area contributed by atoms with Gasteiger partial charge in [0.25, 0.3) is 0 Å². The number of hydrogen-bond acceptors (Lipinski definition) is 5. The lowest BCUT2D eigenvalue weighted by molar-refractivity contribution is -0.115. The van der Waals surface area contributed by atoms with Crippen molar-refractivity contribution in [2.45, 2.75) is 43.6 Å². The molecule has 0 saturated heterocycles. The monoisotopic (exact) mass is 491 g/mol. The summed E-state index contributed by atoms with van der Waals surface area (Å²) in [5, 5.41) is 13.9. The number of nitrogens with zero attached hydrogens (tertiary/aromatic N) is 2. The molecule has 2 aromatic carbocycles. The molecule has 0 aliphatic heterocycles. The lowest BCUT2D eigenvalue weighted by Gasteiger charge is -2.25. The molecule has 0 saturated carbocycles. The number of anilines is 1. The lowest BCUT2D eigenvalue weighted by atomic mass is 9.82. The van der Waals surface area contributed by atoms with Crippen LogP contribution < -0.4 is 10.1 Å². The summed E-state index contributed by atoms with van der Waals surface area (Å²) in [6.45, 7) is 1.88. The first-order valence-corrected chi connectivity index (χ1v) is 12.6. The Morgan fingerprint density at radius 1 is 1.29 bits per heavy atom. The van der Waals surface area contributed by atoms with Gasteiger partial charge in [0.05, 0.1) is 18.4 Å². The van der Waals surface area contributed by atoms with Crippen LogP contribution in [-0.2, 0) is 17.6 Å². The van der Waals surface area contributed by atoms with Gasteiger partial charge in [0.1, 0.15) is 16.8 Å². The van der Waals surface area contributed by atoms with Crippen molar-refractivity contribution in [2.24, 2.45) is 0 Å². The number of carbonyl (C=O) groups excluding carboxylic acids is 1. The van der Waals surface area contributed by atoms with E-state index in [1.165, 1.54) is 17.3 Å². The Morgan fingerprint density at radius 2 is 2.09 bits per heavy atom. The zero-order valence-electron chi connectivity index (χ0n) is 19.2. The van der Waals surface area contributed by atoms with Gasteiger partial charge in [-0.25, -0.2) is 4.98 Å². The second kappa shape index (κ2) is 10.9. The highest BCUT2D eigenvalue weighted by molar-refractivity contribution is 7.99. The summed E-state index contributed by atoms with van der Waals surface area (Å²) in [4.78, 5) is 17.3. The fourth-order valence-corrected chi connectivity index (χ4v) is 5.30. The van der Waals surface area contributed by atoms with Crippen LogP contribution in [0, 0.1) is 18.3 Å². The van der Waals surface area contributed by atoms with E-state index in [0.29, 0.717) is 38.7 Å². The van der Waals surface area contributed by atoms with E-state index in [0.717, 1.165) is 36.1 Å². The molecule has 1 amide bonds. The van der Waals surface area contributed by atoms with Crippen molar-refractivity contribution >= 4 is 35.0 Å². The third-order valence-electron chi connectivity index (χ3n) is 6.07. The minimum absolute atomic E-state index is 0.130. The van der Waals surface area contributed by atoms with Crippen molar-refractivity contribution in [1.29, 1.82) is 5.26 Å². The Morgan fingerprint density at radius 3 is 2.82 bits per heavy atom. The van der Waals surface area contributed by atoms with Crippen LogP contribution in [0.4, 0.5) is 5.69 Å². The molecule has 34 heavy (non-hydrogen) atoms. The number of ether oxygens (including phenoxy) is 1. The first kappa shape index (κ1) is 24.1. The molecular weight excluding hydrogens is 466 g/mol. The molecule has 1 atom stereocenters. The van der Waals surface area contributed by atoms with Gasteiger partial charge in [0, 0.05) is 29.0 Å². The zero-order chi connectivity index (χ0) is 24.1. The Labute approximate surface area is 209 Å². The summed E-state index contributed by atoms with van der Waals surface area (Å²) in [7, 11) is 1.54. The number of methoxy groups -OCH3 is 1. The van der Waals surface area contributed by atoms with Crippen LogP contribution >= 0.6 is 23.4 Å². The first-order chi connectivity index (χ1) is 16.5. The molecule has 7 heteroatoms. The van der Waals surface area contributed by atoms with Gasteiger partial charge in [-0.05, 0) is 60.9 Å². The molecular formula is C27H26ClN3O2S. The zero-order valence-corrected chi connectivity index (χ0v) is 20.8. The number of amides is 1. The molecule has 5 nitrogen and oxygen atoms in total. The van der Waals surface area contributed by atoms with E-state index < -0.39 is 0 Å². The van der Waals surface area contributed by atoms with Crippen molar-refractivity contribution in [3.05, 3.63) is 81.5 Å². The number of hydrogen-bond donors (Lipinski definition) is 1. The van der Waals surface area contributed by atoms with Crippen molar-refractivity contribution in [2.75, 3.05) is 18.2 Å². The van der Waals surface area contributed by atoms with Gasteiger partial charge < -0.3 is 10.1 Å². The lowest BCUT2D eigenvalue weighted by Crippen LogP contribution is -2.15. The van der Waals surface area contributed by atoms with E-state index in [9.17, 15) is 10.1 Å². The molecule has 0 bridgehead atoms. The predicted octanol–water partition coefficient (Wildman–Crippen LogP) is 6.32. The Bertz CT molecular complexity index is 1240. The van der Waals surface area contributed by atoms with Crippen molar-refractivity contribution in [3.8, 4) is 11.8 Å². The number of thioether (sulfide) groups is 1. The number of benzene rings is 2. The SMILES string of the molecule is COc1cc(Cl)c(C)cc1NC(=O)CCSc1nc2c(cc1C#N)CC(c1ccccc1)CC2. The van der Waals surface area contributed by atoms with Crippen LogP contribution in [0.1, 0.15) is 46.7 Å². The highest BCUT2D eigenvalue weighted by Gasteiger charge is 2.23. The molecule has 1 unspecified atom stereocenters. The number of pyridine rings is 1. The van der Waals surface area contributed by atoms with Gasteiger partial charge in [0.2, 0.25) is 5.91 Å². The fourth-order valence-electron chi connectivity index (χ4n) is 4.23. The van der Waals surface area contributed by atoms with Gasteiger partial charge in [0.15, 0.2) is 0 Å². The summed E-state index contributed by atoms with van der Waals surface area (Å²) < 4.78 is 5.32. The quantitative estimate of drug-likeness (QED) is 0.391. The van der Waals surface area contributed by atoms with E-state index >= 15 is 0 Å². The number of fused-ring (bicyclic) bond motifs is 1. The first-order valence-electron chi connectivity index (χ1n) is 11.2. The minimum atomic E-state index is -0.130. The topological polar surface area (TPSA) is 75.0 Å². The predicted molar refractivity (Wildman–Crippen MR) is 137 cm³/mol. The van der Waals surface area contributed by atoms with E-state index in [-0.39, 0.29) is 12.3 Å². The summed E-state index contributed by atoms with van der Waals surface area (Å²) in [5.41, 5.74) is 5.59. The maximum atomic E-state index is 12.5. The van der Waals surface area contributed by atoms with E-state index in [1.54, 1.807) is 19.2 Å². The standard InChI is InChI=1S/C27H26ClN3O2S/c1-17-12-24(25(33-2)15-22(17)28)30-26(32)10-11-34-27-21(16-29)14-20-13-19(8-9-23(20)31-27)18-6-4-3-5-7-18/h3-7,12,14-15,19H,8-11,13H2,1-2H3,(H,30,32). The van der Waals surface area contributed by atoms with Crippen LogP contribution in [0.3, 0.4) is 0 Å². The maximum Gasteiger partial charge on any atom is 0.225 e. The Kier molecular flexibility index (Phi) is 7.77. The molecule has 1 aliphatic carbocycles. The van der Waals surface area contributed by atoms with Crippen LogP contribution in [0.25, 0.3) is 0 Å². The second-order valence-corrected chi connectivity index (χ2v) is 9.85. The van der Waals surface area contributed by atoms with Crippen LogP contribution in [-0.4, -0.2) is 23.8 Å².